The Kier molecular flexibility index (Phi) is 5.89. The summed E-state index contributed by atoms with van der Waals surface area (Å²) in [6.45, 7) is 7.56. The molecule has 6 aromatic rings. The number of nitrogens with zero attached hydrogens (tertiary/aromatic N) is 2. The van der Waals surface area contributed by atoms with Gasteiger partial charge < -0.3 is 9.47 Å². The molecule has 0 unspecified atom stereocenters. The van der Waals surface area contributed by atoms with Crippen molar-refractivity contribution in [3.8, 4) is 5.69 Å². The van der Waals surface area contributed by atoms with Crippen molar-refractivity contribution in [3.63, 3.8) is 0 Å². The largest absolute Gasteiger partial charge is 0.311 e. The molecule has 0 fully saturated rings. The standard InChI is InChI=1S/C39H35BN2SSi/c1-44(2,3)27-21-22-31-37(25-27)43-36-24-23-35(42-32-18-10-7-15-28(32)29-16-8-11-19-33(29)42)39-38(36)40(31)30-17-9-12-20-34(30)41(39)26-13-5-4-6-14-26/h4-7,9-10,12-15,17-18,20-25H,8,11,16,19H2,1-3H3. The molecule has 0 radical (unpaired) electrons. The molecule has 3 heterocycles. The summed E-state index contributed by atoms with van der Waals surface area (Å²) in [4.78, 5) is 5.37. The third-order valence-corrected chi connectivity index (χ3v) is 13.2. The normalized spacial score (nSPS) is 15.1. The van der Waals surface area contributed by atoms with Gasteiger partial charge in [-0.05, 0) is 84.6 Å². The molecule has 0 amide bonds. The topological polar surface area (TPSA) is 8.17 Å². The summed E-state index contributed by atoms with van der Waals surface area (Å²) in [5.41, 5.74) is 13.8. The molecule has 0 saturated heterocycles. The van der Waals surface area contributed by atoms with Gasteiger partial charge in [-0.3, -0.25) is 0 Å². The predicted molar refractivity (Wildman–Crippen MR) is 193 cm³/mol. The second-order valence-corrected chi connectivity index (χ2v) is 19.8. The summed E-state index contributed by atoms with van der Waals surface area (Å²) < 4.78 is 2.63. The SMILES string of the molecule is C[Si](C)(C)c1ccc2c(c1)Sc1ccc(-n3c4c(c5ccccc53)CCCC4)c3c1B2c1ccccc1N3c1ccccc1. The van der Waals surface area contributed by atoms with Crippen LogP contribution < -0.4 is 26.5 Å². The number of aryl methyl sites for hydroxylation is 1. The van der Waals surface area contributed by atoms with Crippen LogP contribution in [0.1, 0.15) is 24.1 Å². The van der Waals surface area contributed by atoms with Gasteiger partial charge in [-0.15, -0.1) is 0 Å². The maximum absolute atomic E-state index is 2.63. The Morgan fingerprint density at radius 2 is 1.45 bits per heavy atom. The van der Waals surface area contributed by atoms with E-state index in [0.717, 1.165) is 6.42 Å². The number of benzene rings is 5. The van der Waals surface area contributed by atoms with Crippen LogP contribution in [0.4, 0.5) is 17.1 Å². The summed E-state index contributed by atoms with van der Waals surface area (Å²) in [5.74, 6) is 0. The highest BCUT2D eigenvalue weighted by Crippen LogP contribution is 2.46. The van der Waals surface area contributed by atoms with Crippen LogP contribution in [0, 0.1) is 0 Å². The van der Waals surface area contributed by atoms with Crippen molar-refractivity contribution in [3.05, 3.63) is 120 Å². The molecule has 9 rings (SSSR count). The number of hydrogen-bond donors (Lipinski definition) is 0. The van der Waals surface area contributed by atoms with E-state index in [1.54, 1.807) is 5.56 Å². The number of hydrogen-bond acceptors (Lipinski definition) is 2. The van der Waals surface area contributed by atoms with Gasteiger partial charge in [0.1, 0.15) is 0 Å². The Bertz CT molecular complexity index is 2110. The lowest BCUT2D eigenvalue weighted by Crippen LogP contribution is -2.60. The molecular formula is C39H35BN2SSi. The zero-order chi connectivity index (χ0) is 29.6. The third kappa shape index (κ3) is 3.82. The fourth-order valence-electron chi connectivity index (χ4n) is 7.96. The number of fused-ring (bicyclic) bond motifs is 7. The Labute approximate surface area is 265 Å². The monoisotopic (exact) mass is 602 g/mol. The third-order valence-electron chi connectivity index (χ3n) is 10.0. The lowest BCUT2D eigenvalue weighted by molar-refractivity contribution is 0.667. The molecule has 0 saturated carbocycles. The average Bonchev–Trinajstić information content (AvgIpc) is 3.38. The van der Waals surface area contributed by atoms with Gasteiger partial charge in [-0.25, -0.2) is 0 Å². The molecule has 5 heteroatoms. The average molecular weight is 603 g/mol. The van der Waals surface area contributed by atoms with E-state index in [1.165, 1.54) is 90.0 Å². The van der Waals surface area contributed by atoms with Gasteiger partial charge >= 0.3 is 0 Å². The van der Waals surface area contributed by atoms with Gasteiger partial charge in [0, 0.05) is 32.2 Å². The zero-order valence-electron chi connectivity index (χ0n) is 25.6. The van der Waals surface area contributed by atoms with E-state index in [2.05, 4.69) is 138 Å². The molecule has 3 aliphatic rings. The summed E-state index contributed by atoms with van der Waals surface area (Å²) in [7, 11) is -1.45. The minimum Gasteiger partial charge on any atom is -0.311 e. The van der Waals surface area contributed by atoms with Crippen LogP contribution in [0.5, 0.6) is 0 Å². The van der Waals surface area contributed by atoms with Gasteiger partial charge in [-0.2, -0.15) is 0 Å². The van der Waals surface area contributed by atoms with Gasteiger partial charge in [0.25, 0.3) is 0 Å². The lowest BCUT2D eigenvalue weighted by atomic mass is 9.35. The molecule has 0 bridgehead atoms. The first kappa shape index (κ1) is 26.5. The van der Waals surface area contributed by atoms with E-state index in [4.69, 9.17) is 0 Å². The predicted octanol–water partition coefficient (Wildman–Crippen LogP) is 7.82. The van der Waals surface area contributed by atoms with Crippen LogP contribution in [0.25, 0.3) is 16.6 Å². The second kappa shape index (κ2) is 9.79. The van der Waals surface area contributed by atoms with E-state index >= 15 is 0 Å². The smallest absolute Gasteiger partial charge is 0.249 e. The van der Waals surface area contributed by atoms with E-state index < -0.39 is 8.07 Å². The minimum absolute atomic E-state index is 0.195. The first-order valence-corrected chi connectivity index (χ1v) is 20.4. The van der Waals surface area contributed by atoms with Crippen molar-refractivity contribution < 1.29 is 0 Å². The maximum atomic E-state index is 2.63. The second-order valence-electron chi connectivity index (χ2n) is 13.6. The van der Waals surface area contributed by atoms with Gasteiger partial charge in [0.05, 0.1) is 25.0 Å². The van der Waals surface area contributed by atoms with Crippen molar-refractivity contribution in [2.75, 3.05) is 4.90 Å². The highest BCUT2D eigenvalue weighted by atomic mass is 32.2. The summed E-state index contributed by atoms with van der Waals surface area (Å²) in [5, 5.41) is 2.95. The fraction of sp³-hybridized carbons (Fsp3) is 0.179. The van der Waals surface area contributed by atoms with Crippen LogP contribution in [0.2, 0.25) is 19.6 Å². The number of anilines is 3. The van der Waals surface area contributed by atoms with Gasteiger partial charge in [0.15, 0.2) is 0 Å². The Hall–Kier alpha value is -3.93. The van der Waals surface area contributed by atoms with Crippen molar-refractivity contribution in [1.82, 2.24) is 4.57 Å². The molecule has 0 atom stereocenters. The molecule has 5 aromatic carbocycles. The molecule has 1 aliphatic carbocycles. The molecular weight excluding hydrogens is 567 g/mol. The Morgan fingerprint density at radius 3 is 2.32 bits per heavy atom. The van der Waals surface area contributed by atoms with Crippen LogP contribution in [0.15, 0.2) is 119 Å². The molecule has 0 N–H and O–H groups in total. The molecule has 2 aliphatic heterocycles. The maximum Gasteiger partial charge on any atom is 0.249 e. The van der Waals surface area contributed by atoms with Crippen molar-refractivity contribution in [2.24, 2.45) is 0 Å². The van der Waals surface area contributed by atoms with E-state index in [1.807, 2.05) is 11.8 Å². The summed E-state index contributed by atoms with van der Waals surface area (Å²) >= 11 is 1.98. The summed E-state index contributed by atoms with van der Waals surface area (Å²) in [6.07, 6.45) is 4.82. The lowest BCUT2D eigenvalue weighted by Gasteiger charge is -2.41. The molecule has 44 heavy (non-hydrogen) atoms. The molecule has 0 spiro atoms. The van der Waals surface area contributed by atoms with E-state index in [9.17, 15) is 0 Å². The Morgan fingerprint density at radius 1 is 0.682 bits per heavy atom. The Balaban J connectivity index is 1.39. The minimum atomic E-state index is -1.45. The van der Waals surface area contributed by atoms with Crippen LogP contribution in [-0.2, 0) is 12.8 Å². The molecule has 1 aromatic heterocycles. The summed E-state index contributed by atoms with van der Waals surface area (Å²) in [6, 6.07) is 41.5. The quantitative estimate of drug-likeness (QED) is 0.191. The zero-order valence-corrected chi connectivity index (χ0v) is 27.4. The first-order chi connectivity index (χ1) is 21.5. The molecule has 2 nitrogen and oxygen atoms in total. The van der Waals surface area contributed by atoms with E-state index in [-0.39, 0.29) is 6.71 Å². The van der Waals surface area contributed by atoms with Gasteiger partial charge in [0.2, 0.25) is 6.71 Å². The van der Waals surface area contributed by atoms with Crippen molar-refractivity contribution in [1.29, 1.82) is 0 Å². The van der Waals surface area contributed by atoms with Gasteiger partial charge in [-0.1, -0.05) is 109 Å². The van der Waals surface area contributed by atoms with Crippen LogP contribution in [-0.4, -0.2) is 19.4 Å². The number of aromatic nitrogens is 1. The highest BCUT2D eigenvalue weighted by molar-refractivity contribution is 8.00. The highest BCUT2D eigenvalue weighted by Gasteiger charge is 2.42. The van der Waals surface area contributed by atoms with E-state index in [0.29, 0.717) is 0 Å². The van der Waals surface area contributed by atoms with Crippen molar-refractivity contribution in [2.45, 2.75) is 55.1 Å². The first-order valence-electron chi connectivity index (χ1n) is 16.0. The number of para-hydroxylation sites is 3. The van der Waals surface area contributed by atoms with Crippen LogP contribution in [0.3, 0.4) is 0 Å². The van der Waals surface area contributed by atoms with Crippen molar-refractivity contribution >= 4 is 76.1 Å². The fourth-order valence-corrected chi connectivity index (χ4v) is 10.4. The molecule has 214 valence electrons. The number of rotatable bonds is 3. The van der Waals surface area contributed by atoms with Crippen LogP contribution >= 0.6 is 11.8 Å².